The molecule has 0 spiro atoms. The van der Waals surface area contributed by atoms with Crippen LogP contribution in [0.15, 0.2) is 29.6 Å². The molecule has 0 saturated carbocycles. The molecule has 5 heteroatoms. The van der Waals surface area contributed by atoms with Crippen molar-refractivity contribution in [2.24, 2.45) is 0 Å². The van der Waals surface area contributed by atoms with Crippen molar-refractivity contribution in [3.63, 3.8) is 0 Å². The van der Waals surface area contributed by atoms with E-state index in [9.17, 15) is 9.18 Å². The first-order valence-corrected chi connectivity index (χ1v) is 6.84. The predicted molar refractivity (Wildman–Crippen MR) is 76.1 cm³/mol. The van der Waals surface area contributed by atoms with Gasteiger partial charge in [-0.05, 0) is 47.7 Å². The summed E-state index contributed by atoms with van der Waals surface area (Å²) in [4.78, 5) is 11.9. The van der Waals surface area contributed by atoms with Crippen molar-refractivity contribution in [3.05, 3.63) is 49.5 Å². The summed E-state index contributed by atoms with van der Waals surface area (Å²) in [7, 11) is 0. The van der Waals surface area contributed by atoms with Crippen molar-refractivity contribution in [3.8, 4) is 0 Å². The number of thiophene rings is 1. The first-order valence-electron chi connectivity index (χ1n) is 4.88. The van der Waals surface area contributed by atoms with Crippen molar-refractivity contribution >= 4 is 45.5 Å². The van der Waals surface area contributed by atoms with E-state index < -0.39 is 0 Å². The van der Waals surface area contributed by atoms with Crippen LogP contribution in [0.25, 0.3) is 0 Å². The van der Waals surface area contributed by atoms with Gasteiger partial charge in [-0.3, -0.25) is 4.79 Å². The van der Waals surface area contributed by atoms with E-state index in [1.807, 2.05) is 0 Å². The number of hydrogen-bond acceptors (Lipinski definition) is 2. The standard InChI is InChI=1S/C12H9FINOS/c1-7-9(13)3-2-4-10(7)15-12(16)8-5-11(14)17-6-8/h2-6H,1H3,(H,15,16). The molecule has 0 fully saturated rings. The van der Waals surface area contributed by atoms with E-state index in [0.29, 0.717) is 16.8 Å². The normalized spacial score (nSPS) is 10.3. The zero-order valence-electron chi connectivity index (χ0n) is 8.96. The quantitative estimate of drug-likeness (QED) is 0.804. The third kappa shape index (κ3) is 2.84. The molecule has 0 saturated heterocycles. The summed E-state index contributed by atoms with van der Waals surface area (Å²) >= 11 is 3.66. The Bertz CT molecular complexity index is 567. The second-order valence-corrected chi connectivity index (χ2v) is 6.31. The van der Waals surface area contributed by atoms with Crippen LogP contribution in [0.1, 0.15) is 15.9 Å². The van der Waals surface area contributed by atoms with Crippen molar-refractivity contribution in [1.29, 1.82) is 0 Å². The average Bonchev–Trinajstić information content (AvgIpc) is 2.72. The monoisotopic (exact) mass is 361 g/mol. The van der Waals surface area contributed by atoms with Crippen LogP contribution in [0.3, 0.4) is 0 Å². The number of carbonyl (C=O) groups is 1. The molecule has 1 aromatic carbocycles. The number of hydrogen-bond donors (Lipinski definition) is 1. The Kier molecular flexibility index (Phi) is 3.78. The van der Waals surface area contributed by atoms with Crippen LogP contribution in [0.4, 0.5) is 10.1 Å². The second kappa shape index (κ2) is 5.14. The number of benzene rings is 1. The lowest BCUT2D eigenvalue weighted by atomic mass is 10.2. The number of anilines is 1. The lowest BCUT2D eigenvalue weighted by Crippen LogP contribution is -2.12. The van der Waals surface area contributed by atoms with Crippen LogP contribution in [0.5, 0.6) is 0 Å². The van der Waals surface area contributed by atoms with Gasteiger partial charge in [-0.1, -0.05) is 6.07 Å². The summed E-state index contributed by atoms with van der Waals surface area (Å²) in [5, 5.41) is 4.49. The fraction of sp³-hybridized carbons (Fsp3) is 0.0833. The van der Waals surface area contributed by atoms with Crippen LogP contribution >= 0.6 is 33.9 Å². The minimum Gasteiger partial charge on any atom is -0.322 e. The molecule has 0 atom stereocenters. The first-order chi connectivity index (χ1) is 8.08. The van der Waals surface area contributed by atoms with Gasteiger partial charge in [0.25, 0.3) is 5.91 Å². The summed E-state index contributed by atoms with van der Waals surface area (Å²) in [5.74, 6) is -0.527. The topological polar surface area (TPSA) is 29.1 Å². The van der Waals surface area contributed by atoms with Crippen LogP contribution in [-0.2, 0) is 0 Å². The molecule has 2 aromatic rings. The van der Waals surface area contributed by atoms with E-state index in [4.69, 9.17) is 0 Å². The molecule has 1 N–H and O–H groups in total. The molecule has 1 amide bonds. The molecule has 0 bridgehead atoms. The average molecular weight is 361 g/mol. The summed E-state index contributed by atoms with van der Waals surface area (Å²) in [6, 6.07) is 6.44. The number of carbonyl (C=O) groups excluding carboxylic acids is 1. The lowest BCUT2D eigenvalue weighted by Gasteiger charge is -2.07. The molecule has 0 aliphatic rings. The Morgan fingerprint density at radius 1 is 1.47 bits per heavy atom. The molecule has 1 heterocycles. The third-order valence-electron chi connectivity index (χ3n) is 2.35. The van der Waals surface area contributed by atoms with Gasteiger partial charge in [0.1, 0.15) is 5.82 Å². The molecule has 88 valence electrons. The van der Waals surface area contributed by atoms with E-state index in [0.717, 1.165) is 2.88 Å². The zero-order valence-corrected chi connectivity index (χ0v) is 11.9. The highest BCUT2D eigenvalue weighted by Gasteiger charge is 2.10. The van der Waals surface area contributed by atoms with Gasteiger partial charge in [0.2, 0.25) is 0 Å². The van der Waals surface area contributed by atoms with Crippen molar-refractivity contribution in [2.45, 2.75) is 6.92 Å². The van der Waals surface area contributed by atoms with Gasteiger partial charge in [0, 0.05) is 16.6 Å². The van der Waals surface area contributed by atoms with Gasteiger partial charge >= 0.3 is 0 Å². The Labute approximate surface area is 116 Å². The fourth-order valence-electron chi connectivity index (χ4n) is 1.37. The smallest absolute Gasteiger partial charge is 0.256 e. The molecule has 0 radical (unpaired) electrons. The summed E-state index contributed by atoms with van der Waals surface area (Å²) < 4.78 is 14.3. The van der Waals surface area contributed by atoms with Crippen LogP contribution in [0.2, 0.25) is 0 Å². The highest BCUT2D eigenvalue weighted by atomic mass is 127. The van der Waals surface area contributed by atoms with E-state index in [-0.39, 0.29) is 11.7 Å². The number of amides is 1. The zero-order chi connectivity index (χ0) is 12.4. The summed E-state index contributed by atoms with van der Waals surface area (Å²) in [5.41, 5.74) is 1.56. The fourth-order valence-corrected chi connectivity index (χ4v) is 2.69. The SMILES string of the molecule is Cc1c(F)cccc1NC(=O)c1csc(I)c1. The highest BCUT2D eigenvalue weighted by molar-refractivity contribution is 14.1. The van der Waals surface area contributed by atoms with Gasteiger partial charge in [0.15, 0.2) is 0 Å². The lowest BCUT2D eigenvalue weighted by molar-refractivity contribution is 0.102. The molecular formula is C12H9FINOS. The number of halogens is 2. The van der Waals surface area contributed by atoms with Gasteiger partial charge in [-0.25, -0.2) is 4.39 Å². The van der Waals surface area contributed by atoms with Gasteiger partial charge in [-0.2, -0.15) is 0 Å². The van der Waals surface area contributed by atoms with Gasteiger partial charge in [0.05, 0.1) is 8.45 Å². The minimum atomic E-state index is -0.317. The molecule has 0 aliphatic carbocycles. The maximum absolute atomic E-state index is 13.3. The van der Waals surface area contributed by atoms with Gasteiger partial charge < -0.3 is 5.32 Å². The summed E-state index contributed by atoms with van der Waals surface area (Å²) in [6.07, 6.45) is 0. The molecule has 2 rings (SSSR count). The Morgan fingerprint density at radius 2 is 2.24 bits per heavy atom. The van der Waals surface area contributed by atoms with Crippen LogP contribution < -0.4 is 5.32 Å². The third-order valence-corrected chi connectivity index (χ3v) is 4.13. The first kappa shape index (κ1) is 12.5. The Balaban J connectivity index is 2.21. The maximum atomic E-state index is 13.3. The number of nitrogens with one attached hydrogen (secondary N) is 1. The van der Waals surface area contributed by atoms with E-state index in [1.54, 1.807) is 30.5 Å². The molecule has 1 aromatic heterocycles. The Hall–Kier alpha value is -0.950. The minimum absolute atomic E-state index is 0.210. The largest absolute Gasteiger partial charge is 0.322 e. The molecule has 0 aliphatic heterocycles. The second-order valence-electron chi connectivity index (χ2n) is 3.51. The maximum Gasteiger partial charge on any atom is 0.256 e. The predicted octanol–water partition coefficient (Wildman–Crippen LogP) is 4.05. The molecular weight excluding hydrogens is 352 g/mol. The van der Waals surface area contributed by atoms with Crippen LogP contribution in [-0.4, -0.2) is 5.91 Å². The van der Waals surface area contributed by atoms with E-state index in [2.05, 4.69) is 27.9 Å². The van der Waals surface area contributed by atoms with Crippen molar-refractivity contribution in [2.75, 3.05) is 5.32 Å². The highest BCUT2D eigenvalue weighted by Crippen LogP contribution is 2.21. The molecule has 2 nitrogen and oxygen atoms in total. The molecule has 0 unspecified atom stereocenters. The molecule has 17 heavy (non-hydrogen) atoms. The number of rotatable bonds is 2. The van der Waals surface area contributed by atoms with Crippen molar-refractivity contribution < 1.29 is 9.18 Å². The van der Waals surface area contributed by atoms with Crippen LogP contribution in [0, 0.1) is 15.6 Å². The van der Waals surface area contributed by atoms with E-state index in [1.165, 1.54) is 17.4 Å². The Morgan fingerprint density at radius 3 is 2.88 bits per heavy atom. The van der Waals surface area contributed by atoms with E-state index >= 15 is 0 Å². The van der Waals surface area contributed by atoms with Gasteiger partial charge in [-0.15, -0.1) is 11.3 Å². The van der Waals surface area contributed by atoms with Crippen molar-refractivity contribution in [1.82, 2.24) is 0 Å². The summed E-state index contributed by atoms with van der Waals surface area (Å²) in [6.45, 7) is 1.64.